The van der Waals surface area contributed by atoms with Gasteiger partial charge in [0.1, 0.15) is 6.61 Å². The SMILES string of the molecule is O=C(O)C(F)(F)F.O=C(O)C(F)(F)F.O=C1CO[C@@H]2CN(Cc3cccs3)C[C@H]2N1Cc1ccncc1. The van der Waals surface area contributed by atoms with Crippen LogP contribution in [0.25, 0.3) is 0 Å². The maximum Gasteiger partial charge on any atom is 0.490 e. The van der Waals surface area contributed by atoms with Gasteiger partial charge in [0.2, 0.25) is 5.91 Å². The number of pyridine rings is 1. The van der Waals surface area contributed by atoms with E-state index >= 15 is 0 Å². The molecule has 9 nitrogen and oxygen atoms in total. The molecule has 1 amide bonds. The Bertz CT molecular complexity index is 1010. The highest BCUT2D eigenvalue weighted by Crippen LogP contribution is 2.27. The van der Waals surface area contributed by atoms with Gasteiger partial charge in [-0.3, -0.25) is 14.7 Å². The molecule has 4 rings (SSSR count). The number of fused-ring (bicyclic) bond motifs is 1. The summed E-state index contributed by atoms with van der Waals surface area (Å²) >= 11 is 1.78. The predicted molar refractivity (Wildman–Crippen MR) is 115 cm³/mol. The third kappa shape index (κ3) is 9.62. The fourth-order valence-corrected chi connectivity index (χ4v) is 4.13. The van der Waals surface area contributed by atoms with Gasteiger partial charge in [-0.25, -0.2) is 9.59 Å². The molecule has 4 heterocycles. The monoisotopic (exact) mass is 557 g/mol. The molecule has 0 saturated carbocycles. The molecular formula is C21H21F6N3O6S. The Kier molecular flexibility index (Phi) is 10.4. The number of rotatable bonds is 4. The number of likely N-dealkylation sites (tertiary alicyclic amines) is 1. The van der Waals surface area contributed by atoms with Crippen LogP contribution < -0.4 is 0 Å². The first-order valence-electron chi connectivity index (χ1n) is 10.3. The number of aliphatic carboxylic acids is 2. The van der Waals surface area contributed by atoms with Gasteiger partial charge in [0.15, 0.2) is 0 Å². The summed E-state index contributed by atoms with van der Waals surface area (Å²) in [6, 6.07) is 8.32. The van der Waals surface area contributed by atoms with Gasteiger partial charge in [-0.15, -0.1) is 11.3 Å². The van der Waals surface area contributed by atoms with Gasteiger partial charge < -0.3 is 19.8 Å². The summed E-state index contributed by atoms with van der Waals surface area (Å²) in [5.41, 5.74) is 1.12. The van der Waals surface area contributed by atoms with Crippen molar-refractivity contribution >= 4 is 29.2 Å². The molecule has 2 aliphatic heterocycles. The molecule has 2 aliphatic rings. The van der Waals surface area contributed by atoms with Crippen LogP contribution in [0.5, 0.6) is 0 Å². The van der Waals surface area contributed by atoms with Crippen molar-refractivity contribution in [2.45, 2.75) is 37.6 Å². The molecule has 2 aromatic heterocycles. The maximum absolute atomic E-state index is 12.3. The van der Waals surface area contributed by atoms with Crippen LogP contribution >= 0.6 is 11.3 Å². The summed E-state index contributed by atoms with van der Waals surface area (Å²) in [6.07, 6.45) is -6.50. The number of amides is 1. The number of morpholine rings is 1. The number of alkyl halides is 6. The molecule has 2 fully saturated rings. The van der Waals surface area contributed by atoms with Crippen molar-refractivity contribution in [1.82, 2.24) is 14.8 Å². The molecule has 2 saturated heterocycles. The van der Waals surface area contributed by atoms with Crippen molar-refractivity contribution in [3.8, 4) is 0 Å². The first-order chi connectivity index (χ1) is 17.2. The van der Waals surface area contributed by atoms with E-state index < -0.39 is 24.3 Å². The molecule has 0 aromatic carbocycles. The summed E-state index contributed by atoms with van der Waals surface area (Å²) in [4.78, 5) is 39.9. The second-order valence-corrected chi connectivity index (χ2v) is 8.71. The highest BCUT2D eigenvalue weighted by Gasteiger charge is 2.43. The summed E-state index contributed by atoms with van der Waals surface area (Å²) in [5, 5.41) is 16.4. The van der Waals surface area contributed by atoms with Crippen LogP contribution in [0.1, 0.15) is 10.4 Å². The van der Waals surface area contributed by atoms with Crippen LogP contribution in [0.3, 0.4) is 0 Å². The average molecular weight is 557 g/mol. The third-order valence-electron chi connectivity index (χ3n) is 5.00. The minimum atomic E-state index is -5.08. The van der Waals surface area contributed by atoms with Crippen LogP contribution in [-0.4, -0.2) is 87.0 Å². The normalized spacial score (nSPS) is 19.7. The van der Waals surface area contributed by atoms with E-state index in [9.17, 15) is 31.1 Å². The number of hydrogen-bond donors (Lipinski definition) is 2. The van der Waals surface area contributed by atoms with Crippen molar-refractivity contribution in [2.24, 2.45) is 0 Å². The second kappa shape index (κ2) is 12.8. The van der Waals surface area contributed by atoms with Gasteiger partial charge in [-0.05, 0) is 29.1 Å². The minimum Gasteiger partial charge on any atom is -0.475 e. The molecular weight excluding hydrogens is 536 g/mol. The topological polar surface area (TPSA) is 120 Å². The molecule has 204 valence electrons. The van der Waals surface area contributed by atoms with E-state index in [0.29, 0.717) is 6.54 Å². The summed E-state index contributed by atoms with van der Waals surface area (Å²) in [5.74, 6) is -5.43. The van der Waals surface area contributed by atoms with Crippen molar-refractivity contribution in [3.05, 3.63) is 52.5 Å². The highest BCUT2D eigenvalue weighted by atomic mass is 32.1. The van der Waals surface area contributed by atoms with Crippen molar-refractivity contribution in [2.75, 3.05) is 19.7 Å². The number of aromatic nitrogens is 1. The van der Waals surface area contributed by atoms with Crippen LogP contribution in [0.4, 0.5) is 26.3 Å². The summed E-state index contributed by atoms with van der Waals surface area (Å²) in [7, 11) is 0. The van der Waals surface area contributed by atoms with Gasteiger partial charge in [0, 0.05) is 43.4 Å². The summed E-state index contributed by atoms with van der Waals surface area (Å²) < 4.78 is 69.3. The number of carboxylic acids is 2. The minimum absolute atomic E-state index is 0.0843. The lowest BCUT2D eigenvalue weighted by Crippen LogP contribution is -2.53. The van der Waals surface area contributed by atoms with E-state index in [1.54, 1.807) is 23.7 Å². The molecule has 2 atom stereocenters. The molecule has 0 spiro atoms. The Morgan fingerprint density at radius 2 is 1.57 bits per heavy atom. The van der Waals surface area contributed by atoms with E-state index in [1.165, 1.54) is 4.88 Å². The molecule has 2 N–H and O–H groups in total. The molecule has 37 heavy (non-hydrogen) atoms. The van der Waals surface area contributed by atoms with Gasteiger partial charge in [0.05, 0.1) is 12.1 Å². The second-order valence-electron chi connectivity index (χ2n) is 7.67. The number of halogens is 6. The average Bonchev–Trinajstić information content (AvgIpc) is 3.46. The van der Waals surface area contributed by atoms with E-state index in [0.717, 1.165) is 25.2 Å². The Morgan fingerprint density at radius 3 is 2.05 bits per heavy atom. The van der Waals surface area contributed by atoms with Crippen molar-refractivity contribution in [3.63, 3.8) is 0 Å². The van der Waals surface area contributed by atoms with Gasteiger partial charge in [-0.2, -0.15) is 26.3 Å². The third-order valence-corrected chi connectivity index (χ3v) is 5.86. The lowest BCUT2D eigenvalue weighted by molar-refractivity contribution is -0.193. The number of carbonyl (C=O) groups is 3. The number of carbonyl (C=O) groups excluding carboxylic acids is 1. The van der Waals surface area contributed by atoms with Crippen molar-refractivity contribution < 1.29 is 55.7 Å². The van der Waals surface area contributed by atoms with E-state index in [-0.39, 0.29) is 24.7 Å². The molecule has 16 heteroatoms. The smallest absolute Gasteiger partial charge is 0.475 e. The lowest BCUT2D eigenvalue weighted by Gasteiger charge is -2.36. The Labute approximate surface area is 209 Å². The zero-order valence-electron chi connectivity index (χ0n) is 18.8. The molecule has 0 radical (unpaired) electrons. The number of thiophene rings is 1. The van der Waals surface area contributed by atoms with Gasteiger partial charge in [0.25, 0.3) is 0 Å². The van der Waals surface area contributed by atoms with Crippen LogP contribution in [-0.2, 0) is 32.2 Å². The zero-order valence-corrected chi connectivity index (χ0v) is 19.6. The number of hydrogen-bond acceptors (Lipinski definition) is 7. The van der Waals surface area contributed by atoms with Gasteiger partial charge in [-0.1, -0.05) is 6.07 Å². The zero-order chi connectivity index (χ0) is 27.8. The largest absolute Gasteiger partial charge is 0.490 e. The van der Waals surface area contributed by atoms with Crippen LogP contribution in [0.15, 0.2) is 42.0 Å². The van der Waals surface area contributed by atoms with Crippen molar-refractivity contribution in [1.29, 1.82) is 0 Å². The first kappa shape index (κ1) is 30.0. The molecule has 0 aliphatic carbocycles. The summed E-state index contributed by atoms with van der Waals surface area (Å²) in [6.45, 7) is 3.53. The highest BCUT2D eigenvalue weighted by molar-refractivity contribution is 7.09. The number of ether oxygens (including phenoxy) is 1. The standard InChI is InChI=1S/C17H19N3O2S.2C2HF3O2/c21-17-12-22-16-11-19(9-14-2-1-7-23-14)10-15(16)20(17)8-13-3-5-18-6-4-13;2*3-2(4,5)1(6)7/h1-7,15-16H,8-12H2;2*(H,6,7)/t15-,16-;;/m1../s1. The van der Waals surface area contributed by atoms with Crippen LogP contribution in [0, 0.1) is 0 Å². The van der Waals surface area contributed by atoms with Crippen LogP contribution in [0.2, 0.25) is 0 Å². The van der Waals surface area contributed by atoms with Gasteiger partial charge >= 0.3 is 24.3 Å². The Balaban J connectivity index is 0.000000286. The lowest BCUT2D eigenvalue weighted by atomic mass is 10.1. The van der Waals surface area contributed by atoms with E-state index in [1.807, 2.05) is 17.0 Å². The van der Waals surface area contributed by atoms with E-state index in [2.05, 4.69) is 27.4 Å². The predicted octanol–water partition coefficient (Wildman–Crippen LogP) is 3.02. The molecule has 0 bridgehead atoms. The first-order valence-corrected chi connectivity index (χ1v) is 11.2. The van der Waals surface area contributed by atoms with E-state index in [4.69, 9.17) is 24.5 Å². The quantitative estimate of drug-likeness (QED) is 0.551. The number of carboxylic acid groups (broad SMARTS) is 2. The maximum atomic E-state index is 12.3. The molecule has 0 unspecified atom stereocenters. The fourth-order valence-electron chi connectivity index (χ4n) is 3.38. The fraction of sp³-hybridized carbons (Fsp3) is 0.429. The Hall–Kier alpha value is -3.24. The Morgan fingerprint density at radius 1 is 1.00 bits per heavy atom. The number of nitrogens with zero attached hydrogens (tertiary/aromatic N) is 3. The molecule has 2 aromatic rings.